The highest BCUT2D eigenvalue weighted by Crippen LogP contribution is 2.40. The molecule has 0 bridgehead atoms. The van der Waals surface area contributed by atoms with Gasteiger partial charge in [0.05, 0.1) is 6.10 Å². The lowest BCUT2D eigenvalue weighted by molar-refractivity contribution is -0.0454. The van der Waals surface area contributed by atoms with Crippen LogP contribution in [0.1, 0.15) is 50.7 Å². The minimum absolute atomic E-state index is 0.00421. The third-order valence-electron chi connectivity index (χ3n) is 6.80. The summed E-state index contributed by atoms with van der Waals surface area (Å²) in [6.45, 7) is 6.57. The van der Waals surface area contributed by atoms with Crippen LogP contribution in [0.5, 0.6) is 5.75 Å². The van der Waals surface area contributed by atoms with E-state index in [1.54, 1.807) is 13.2 Å². The standard InChI is InChI=1S/C23H35F2N3O3/c1-22(2)18-13-17(31-21(26)29)5-4-16(18)12-19(30-3)20(22)28-11-10-27-14-15-6-8-23(24,25)9-7-15/h4-5,13,15,19-20,27-28H,6-12,14H2,1-3H3,(H2,26,29)/t19-,20+/m0/s1. The average molecular weight is 440 g/mol. The lowest BCUT2D eigenvalue weighted by Crippen LogP contribution is -2.57. The molecule has 2 atom stereocenters. The summed E-state index contributed by atoms with van der Waals surface area (Å²) in [6, 6.07) is 5.67. The Balaban J connectivity index is 1.56. The Labute approximate surface area is 183 Å². The van der Waals surface area contributed by atoms with Gasteiger partial charge < -0.3 is 25.8 Å². The number of nitrogens with one attached hydrogen (secondary N) is 2. The van der Waals surface area contributed by atoms with E-state index in [0.717, 1.165) is 31.6 Å². The van der Waals surface area contributed by atoms with Gasteiger partial charge in [-0.1, -0.05) is 19.9 Å². The molecule has 3 rings (SSSR count). The topological polar surface area (TPSA) is 85.6 Å². The van der Waals surface area contributed by atoms with E-state index in [2.05, 4.69) is 24.5 Å². The summed E-state index contributed by atoms with van der Waals surface area (Å²) in [7, 11) is 1.72. The van der Waals surface area contributed by atoms with Gasteiger partial charge in [0.1, 0.15) is 5.75 Å². The Bertz CT molecular complexity index is 762. The summed E-state index contributed by atoms with van der Waals surface area (Å²) in [5.41, 5.74) is 7.17. The maximum atomic E-state index is 13.3. The zero-order valence-electron chi connectivity index (χ0n) is 18.7. The fourth-order valence-electron chi connectivity index (χ4n) is 5.01. The highest BCUT2D eigenvalue weighted by Gasteiger charge is 2.42. The van der Waals surface area contributed by atoms with Gasteiger partial charge in [0.2, 0.25) is 5.92 Å². The van der Waals surface area contributed by atoms with Crippen molar-refractivity contribution in [2.24, 2.45) is 11.7 Å². The first kappa shape index (κ1) is 23.9. The first-order valence-electron chi connectivity index (χ1n) is 11.1. The number of hydrogen-bond donors (Lipinski definition) is 3. The summed E-state index contributed by atoms with van der Waals surface area (Å²) >= 11 is 0. The first-order valence-corrected chi connectivity index (χ1v) is 11.1. The molecule has 0 aliphatic heterocycles. The van der Waals surface area contributed by atoms with Crippen LogP contribution in [0, 0.1) is 5.92 Å². The molecule has 0 unspecified atom stereocenters. The number of rotatable bonds is 8. The van der Waals surface area contributed by atoms with E-state index in [1.165, 1.54) is 5.56 Å². The molecule has 8 heteroatoms. The molecule has 1 saturated carbocycles. The minimum Gasteiger partial charge on any atom is -0.410 e. The summed E-state index contributed by atoms with van der Waals surface area (Å²) in [5, 5.41) is 7.04. The van der Waals surface area contributed by atoms with Crippen molar-refractivity contribution in [1.82, 2.24) is 10.6 Å². The molecule has 1 amide bonds. The first-order chi connectivity index (χ1) is 14.6. The fourth-order valence-corrected chi connectivity index (χ4v) is 5.01. The lowest BCUT2D eigenvalue weighted by Gasteiger charge is -2.45. The molecule has 6 nitrogen and oxygen atoms in total. The smallest absolute Gasteiger partial charge is 0.409 e. The van der Waals surface area contributed by atoms with E-state index in [-0.39, 0.29) is 30.4 Å². The van der Waals surface area contributed by atoms with Crippen molar-refractivity contribution in [3.63, 3.8) is 0 Å². The quantitative estimate of drug-likeness (QED) is 0.541. The van der Waals surface area contributed by atoms with Gasteiger partial charge in [-0.2, -0.15) is 0 Å². The second-order valence-corrected chi connectivity index (χ2v) is 9.38. The molecule has 1 fully saturated rings. The monoisotopic (exact) mass is 439 g/mol. The molecular weight excluding hydrogens is 404 g/mol. The molecule has 0 spiro atoms. The van der Waals surface area contributed by atoms with E-state index in [0.29, 0.717) is 24.5 Å². The number of methoxy groups -OCH3 is 1. The van der Waals surface area contributed by atoms with Crippen molar-refractivity contribution in [3.8, 4) is 5.75 Å². The summed E-state index contributed by atoms with van der Waals surface area (Å²) in [6.07, 6.45) is 1.11. The predicted octanol–water partition coefficient (Wildman–Crippen LogP) is 3.37. The number of alkyl halides is 2. The van der Waals surface area contributed by atoms with Crippen molar-refractivity contribution in [2.75, 3.05) is 26.7 Å². The van der Waals surface area contributed by atoms with Gasteiger partial charge in [-0.25, -0.2) is 13.6 Å². The molecule has 2 aliphatic carbocycles. The maximum Gasteiger partial charge on any atom is 0.409 e. The largest absolute Gasteiger partial charge is 0.410 e. The zero-order chi connectivity index (χ0) is 22.6. The van der Waals surface area contributed by atoms with Gasteiger partial charge in [-0.15, -0.1) is 0 Å². The summed E-state index contributed by atoms with van der Waals surface area (Å²) in [4.78, 5) is 11.1. The fraction of sp³-hybridized carbons (Fsp3) is 0.696. The number of ether oxygens (including phenoxy) is 2. The highest BCUT2D eigenvalue weighted by atomic mass is 19.3. The Morgan fingerprint density at radius 3 is 2.58 bits per heavy atom. The number of primary amides is 1. The molecule has 1 aromatic rings. The molecule has 0 heterocycles. The van der Waals surface area contributed by atoms with Gasteiger partial charge in [-0.05, 0) is 48.6 Å². The van der Waals surface area contributed by atoms with Crippen LogP contribution >= 0.6 is 0 Å². The van der Waals surface area contributed by atoms with Crippen molar-refractivity contribution in [3.05, 3.63) is 29.3 Å². The normalized spacial score (nSPS) is 25.1. The van der Waals surface area contributed by atoms with E-state index >= 15 is 0 Å². The van der Waals surface area contributed by atoms with Gasteiger partial charge in [-0.3, -0.25) is 0 Å². The molecule has 2 aliphatic rings. The summed E-state index contributed by atoms with van der Waals surface area (Å²) in [5.74, 6) is -1.71. The van der Waals surface area contributed by atoms with E-state index in [1.807, 2.05) is 12.1 Å². The Kier molecular flexibility index (Phi) is 7.55. The van der Waals surface area contributed by atoms with E-state index < -0.39 is 12.0 Å². The van der Waals surface area contributed by atoms with Crippen molar-refractivity contribution >= 4 is 6.09 Å². The SMILES string of the molecule is CO[C@H]1Cc2ccc(OC(N)=O)cc2C(C)(C)[C@@H]1NCCNCC1CCC(F)(F)CC1. The number of fused-ring (bicyclic) bond motifs is 1. The molecule has 174 valence electrons. The molecule has 0 aromatic heterocycles. The number of halogens is 2. The zero-order valence-corrected chi connectivity index (χ0v) is 18.7. The average Bonchev–Trinajstić information content (AvgIpc) is 2.70. The van der Waals surface area contributed by atoms with Crippen LogP contribution in [-0.2, 0) is 16.6 Å². The van der Waals surface area contributed by atoms with E-state index in [9.17, 15) is 13.6 Å². The number of amides is 1. The highest BCUT2D eigenvalue weighted by molar-refractivity contribution is 5.68. The van der Waals surface area contributed by atoms with Crippen LogP contribution in [-0.4, -0.2) is 50.9 Å². The van der Waals surface area contributed by atoms with Gasteiger partial charge in [0.15, 0.2) is 0 Å². The van der Waals surface area contributed by atoms with Crippen LogP contribution in [0.25, 0.3) is 0 Å². The lowest BCUT2D eigenvalue weighted by atomic mass is 9.68. The van der Waals surface area contributed by atoms with Crippen LogP contribution < -0.4 is 21.1 Å². The number of hydrogen-bond acceptors (Lipinski definition) is 5. The van der Waals surface area contributed by atoms with Crippen LogP contribution in [0.2, 0.25) is 0 Å². The minimum atomic E-state index is -2.47. The molecule has 0 saturated heterocycles. The number of carbonyl (C=O) groups excluding carboxylic acids is 1. The third-order valence-corrected chi connectivity index (χ3v) is 6.80. The molecule has 4 N–H and O–H groups in total. The molecular formula is C23H35F2N3O3. The third kappa shape index (κ3) is 5.93. The van der Waals surface area contributed by atoms with Gasteiger partial charge in [0.25, 0.3) is 0 Å². The predicted molar refractivity (Wildman–Crippen MR) is 116 cm³/mol. The van der Waals surface area contributed by atoms with Gasteiger partial charge in [0, 0.05) is 50.9 Å². The molecule has 1 aromatic carbocycles. The molecule has 31 heavy (non-hydrogen) atoms. The van der Waals surface area contributed by atoms with Gasteiger partial charge >= 0.3 is 6.09 Å². The van der Waals surface area contributed by atoms with Crippen LogP contribution in [0.15, 0.2) is 18.2 Å². The van der Waals surface area contributed by atoms with Crippen molar-refractivity contribution in [1.29, 1.82) is 0 Å². The van der Waals surface area contributed by atoms with E-state index in [4.69, 9.17) is 15.2 Å². The Morgan fingerprint density at radius 2 is 1.94 bits per heavy atom. The second kappa shape index (κ2) is 9.79. The number of nitrogens with two attached hydrogens (primary N) is 1. The second-order valence-electron chi connectivity index (χ2n) is 9.38. The number of carbonyl (C=O) groups is 1. The Morgan fingerprint density at radius 1 is 1.23 bits per heavy atom. The van der Waals surface area contributed by atoms with Crippen molar-refractivity contribution in [2.45, 2.75) is 69.4 Å². The van der Waals surface area contributed by atoms with Crippen LogP contribution in [0.3, 0.4) is 0 Å². The van der Waals surface area contributed by atoms with Crippen molar-refractivity contribution < 1.29 is 23.0 Å². The molecule has 0 radical (unpaired) electrons. The maximum absolute atomic E-state index is 13.3. The summed E-state index contributed by atoms with van der Waals surface area (Å²) < 4.78 is 37.5. The Hall–Kier alpha value is -1.77. The number of benzene rings is 1. The van der Waals surface area contributed by atoms with Crippen LogP contribution in [0.4, 0.5) is 13.6 Å².